The number of hydrogen-bond donors (Lipinski definition) is 0. The second-order valence-electron chi connectivity index (χ2n) is 6.27. The van der Waals surface area contributed by atoms with Crippen molar-refractivity contribution >= 4 is 17.2 Å². The molecule has 0 radical (unpaired) electrons. The first kappa shape index (κ1) is 17.5. The van der Waals surface area contributed by atoms with Gasteiger partial charge in [0.1, 0.15) is 5.01 Å². The Morgan fingerprint density at radius 2 is 1.89 bits per heavy atom. The van der Waals surface area contributed by atoms with E-state index >= 15 is 0 Å². The number of aromatic nitrogens is 1. The first-order chi connectivity index (χ1) is 13.2. The minimum atomic E-state index is -0.0499. The number of thiazole rings is 1. The molecule has 0 N–H and O–H groups in total. The summed E-state index contributed by atoms with van der Waals surface area (Å²) in [5.74, 6) is 0.987. The summed E-state index contributed by atoms with van der Waals surface area (Å²) in [6.45, 7) is 1.21. The summed E-state index contributed by atoms with van der Waals surface area (Å²) < 4.78 is 10.7. The molecule has 4 rings (SSSR count). The number of carbonyl (C=O) groups is 1. The molecule has 0 spiro atoms. The van der Waals surface area contributed by atoms with Crippen LogP contribution in [0.2, 0.25) is 0 Å². The Labute approximate surface area is 162 Å². The van der Waals surface area contributed by atoms with Crippen molar-refractivity contribution in [3.05, 3.63) is 64.7 Å². The first-order valence-electron chi connectivity index (χ1n) is 8.75. The monoisotopic (exact) mass is 380 g/mol. The zero-order valence-corrected chi connectivity index (χ0v) is 16.1. The van der Waals surface area contributed by atoms with Gasteiger partial charge in [-0.25, -0.2) is 4.98 Å². The van der Waals surface area contributed by atoms with Crippen LogP contribution in [0.3, 0.4) is 0 Å². The molecule has 3 aromatic rings. The average Bonchev–Trinajstić information content (AvgIpc) is 3.16. The van der Waals surface area contributed by atoms with Crippen LogP contribution in [-0.4, -0.2) is 36.6 Å². The van der Waals surface area contributed by atoms with Crippen molar-refractivity contribution in [2.24, 2.45) is 0 Å². The van der Waals surface area contributed by atoms with Crippen LogP contribution >= 0.6 is 11.3 Å². The Bertz CT molecular complexity index is 969. The summed E-state index contributed by atoms with van der Waals surface area (Å²) in [6, 6.07) is 15.5. The van der Waals surface area contributed by atoms with Gasteiger partial charge in [-0.15, -0.1) is 11.3 Å². The van der Waals surface area contributed by atoms with Crippen LogP contribution in [0.1, 0.15) is 20.9 Å². The molecule has 5 nitrogen and oxygen atoms in total. The minimum Gasteiger partial charge on any atom is -0.493 e. The van der Waals surface area contributed by atoms with Crippen LogP contribution in [0, 0.1) is 0 Å². The molecule has 2 aromatic carbocycles. The molecule has 0 unspecified atom stereocenters. The maximum atomic E-state index is 13.1. The molecule has 138 valence electrons. The number of carbonyl (C=O) groups excluding carboxylic acids is 1. The molecule has 1 aromatic heterocycles. The highest BCUT2D eigenvalue weighted by molar-refractivity contribution is 7.15. The molecule has 1 amide bonds. The molecule has 0 saturated carbocycles. The summed E-state index contributed by atoms with van der Waals surface area (Å²) in [7, 11) is 3.12. The third-order valence-corrected chi connectivity index (χ3v) is 5.80. The fourth-order valence-electron chi connectivity index (χ4n) is 3.30. The molecule has 2 heterocycles. The van der Waals surface area contributed by atoms with Gasteiger partial charge in [-0.1, -0.05) is 36.4 Å². The standard InChI is InChI=1S/C21H20N2O3S/c1-25-17-10-6-9-15(19(17)26-2)21(24)23-12-11-16-18(13-23)27-20(22-16)14-7-4-3-5-8-14/h3-10H,11-13H2,1-2H3. The van der Waals surface area contributed by atoms with Gasteiger partial charge >= 0.3 is 0 Å². The third-order valence-electron chi connectivity index (χ3n) is 4.67. The van der Waals surface area contributed by atoms with Gasteiger partial charge < -0.3 is 14.4 Å². The Kier molecular flexibility index (Phi) is 4.81. The molecule has 0 saturated heterocycles. The summed E-state index contributed by atoms with van der Waals surface area (Å²) in [5.41, 5.74) is 2.73. The quantitative estimate of drug-likeness (QED) is 0.686. The zero-order valence-electron chi connectivity index (χ0n) is 15.3. The van der Waals surface area contributed by atoms with Crippen molar-refractivity contribution in [3.8, 4) is 22.1 Å². The summed E-state index contributed by atoms with van der Waals surface area (Å²) in [6.07, 6.45) is 0.761. The van der Waals surface area contributed by atoms with E-state index in [9.17, 15) is 4.79 Å². The zero-order chi connectivity index (χ0) is 18.8. The van der Waals surface area contributed by atoms with Gasteiger partial charge in [0.2, 0.25) is 0 Å². The van der Waals surface area contributed by atoms with Gasteiger partial charge in [-0.2, -0.15) is 0 Å². The summed E-state index contributed by atoms with van der Waals surface area (Å²) >= 11 is 1.66. The number of methoxy groups -OCH3 is 2. The van der Waals surface area contributed by atoms with Gasteiger partial charge in [-0.3, -0.25) is 4.79 Å². The molecule has 6 heteroatoms. The van der Waals surface area contributed by atoms with E-state index < -0.39 is 0 Å². The van der Waals surface area contributed by atoms with E-state index in [1.165, 1.54) is 0 Å². The number of fused-ring (bicyclic) bond motifs is 1. The number of hydrogen-bond acceptors (Lipinski definition) is 5. The van der Waals surface area contributed by atoms with E-state index in [4.69, 9.17) is 14.5 Å². The Hall–Kier alpha value is -2.86. The maximum absolute atomic E-state index is 13.1. The molecule has 1 aliphatic rings. The number of para-hydroxylation sites is 1. The third kappa shape index (κ3) is 3.28. The summed E-state index contributed by atoms with van der Waals surface area (Å²) in [4.78, 5) is 20.9. The number of benzene rings is 2. The normalized spacial score (nSPS) is 13.2. The molecular weight excluding hydrogens is 360 g/mol. The van der Waals surface area contributed by atoms with Crippen LogP contribution < -0.4 is 9.47 Å². The Morgan fingerprint density at radius 1 is 1.07 bits per heavy atom. The molecule has 0 atom stereocenters. The van der Waals surface area contributed by atoms with Crippen LogP contribution in [0.4, 0.5) is 0 Å². The Balaban J connectivity index is 1.60. The molecule has 0 fully saturated rings. The van der Waals surface area contributed by atoms with Crippen LogP contribution in [0.25, 0.3) is 10.6 Å². The molecule has 1 aliphatic heterocycles. The largest absolute Gasteiger partial charge is 0.493 e. The lowest BCUT2D eigenvalue weighted by molar-refractivity contribution is 0.0732. The second kappa shape index (κ2) is 7.40. The molecular formula is C21H20N2O3S. The van der Waals surface area contributed by atoms with Crippen molar-refractivity contribution in [2.75, 3.05) is 20.8 Å². The molecule has 0 bridgehead atoms. The van der Waals surface area contributed by atoms with E-state index in [2.05, 4.69) is 12.1 Å². The van der Waals surface area contributed by atoms with Crippen molar-refractivity contribution in [3.63, 3.8) is 0 Å². The maximum Gasteiger partial charge on any atom is 0.258 e. The highest BCUT2D eigenvalue weighted by Crippen LogP contribution is 2.35. The number of rotatable bonds is 4. The van der Waals surface area contributed by atoms with E-state index in [1.54, 1.807) is 37.7 Å². The van der Waals surface area contributed by atoms with E-state index in [-0.39, 0.29) is 5.91 Å². The van der Waals surface area contributed by atoms with Crippen LogP contribution in [0.15, 0.2) is 48.5 Å². The fourth-order valence-corrected chi connectivity index (χ4v) is 4.43. The van der Waals surface area contributed by atoms with Crippen molar-refractivity contribution in [1.82, 2.24) is 9.88 Å². The van der Waals surface area contributed by atoms with Crippen molar-refractivity contribution < 1.29 is 14.3 Å². The Morgan fingerprint density at radius 3 is 2.63 bits per heavy atom. The fraction of sp³-hybridized carbons (Fsp3) is 0.238. The van der Waals surface area contributed by atoms with Gasteiger partial charge in [0, 0.05) is 23.4 Å². The van der Waals surface area contributed by atoms with Gasteiger partial charge in [0.15, 0.2) is 11.5 Å². The van der Waals surface area contributed by atoms with Crippen molar-refractivity contribution in [1.29, 1.82) is 0 Å². The van der Waals surface area contributed by atoms with E-state index in [1.807, 2.05) is 29.2 Å². The summed E-state index contributed by atoms with van der Waals surface area (Å²) in [5, 5.41) is 1.01. The molecule has 0 aliphatic carbocycles. The van der Waals surface area contributed by atoms with Gasteiger partial charge in [-0.05, 0) is 12.1 Å². The van der Waals surface area contributed by atoms with Crippen molar-refractivity contribution in [2.45, 2.75) is 13.0 Å². The lowest BCUT2D eigenvalue weighted by Gasteiger charge is -2.27. The lowest BCUT2D eigenvalue weighted by atomic mass is 10.1. The smallest absolute Gasteiger partial charge is 0.258 e. The first-order valence-corrected chi connectivity index (χ1v) is 9.57. The van der Waals surface area contributed by atoms with Gasteiger partial charge in [0.25, 0.3) is 5.91 Å². The van der Waals surface area contributed by atoms with Gasteiger partial charge in [0.05, 0.1) is 32.0 Å². The highest BCUT2D eigenvalue weighted by atomic mass is 32.1. The van der Waals surface area contributed by atoms with Crippen LogP contribution in [-0.2, 0) is 13.0 Å². The average molecular weight is 380 g/mol. The topological polar surface area (TPSA) is 51.7 Å². The predicted molar refractivity (Wildman–Crippen MR) is 106 cm³/mol. The minimum absolute atomic E-state index is 0.0499. The predicted octanol–water partition coefficient (Wildman–Crippen LogP) is 4.03. The number of ether oxygens (including phenoxy) is 2. The number of amides is 1. The molecule has 27 heavy (non-hydrogen) atoms. The van der Waals surface area contributed by atoms with Crippen LogP contribution in [0.5, 0.6) is 11.5 Å². The number of nitrogens with zero attached hydrogens (tertiary/aromatic N) is 2. The highest BCUT2D eigenvalue weighted by Gasteiger charge is 2.27. The van der Waals surface area contributed by atoms with E-state index in [0.29, 0.717) is 30.2 Å². The SMILES string of the molecule is COc1cccc(C(=O)N2CCc3nc(-c4ccccc4)sc3C2)c1OC. The van der Waals surface area contributed by atoms with E-state index in [0.717, 1.165) is 27.6 Å². The second-order valence-corrected chi connectivity index (χ2v) is 7.36. The lowest BCUT2D eigenvalue weighted by Crippen LogP contribution is -2.35.